The Hall–Kier alpha value is -2.56. The summed E-state index contributed by atoms with van der Waals surface area (Å²) in [5.41, 5.74) is 2.96. The predicted octanol–water partition coefficient (Wildman–Crippen LogP) is 2.51. The number of fused-ring (bicyclic) bond motifs is 1. The molecule has 1 N–H and O–H groups in total. The van der Waals surface area contributed by atoms with Crippen LogP contribution in [0.4, 0.5) is 10.1 Å². The monoisotopic (exact) mass is 314 g/mol. The topological polar surface area (TPSA) is 41.6 Å². The largest absolute Gasteiger partial charge is 0.494 e. The molecule has 0 spiro atoms. The molecule has 0 fully saturated rings. The van der Waals surface area contributed by atoms with E-state index in [1.54, 1.807) is 13.1 Å². The van der Waals surface area contributed by atoms with Crippen LogP contribution in [0.5, 0.6) is 5.75 Å². The lowest BCUT2D eigenvalue weighted by Crippen LogP contribution is -2.43. The van der Waals surface area contributed by atoms with Gasteiger partial charge < -0.3 is 15.0 Å². The number of hydrogen-bond acceptors (Lipinski definition) is 3. The fraction of sp³-hybridized carbons (Fsp3) is 0.278. The standard InChI is InChI=1S/C18H19FN2O2/c1-20-18(22)16-10-13-5-3-4-6-15(13)21(16)11-12-7-8-17(23-2)14(19)9-12/h3-9,16H,10-11H2,1-2H3,(H,20,22). The Kier molecular flexibility index (Phi) is 4.19. The summed E-state index contributed by atoms with van der Waals surface area (Å²) < 4.78 is 18.9. The van der Waals surface area contributed by atoms with Crippen molar-refractivity contribution in [2.75, 3.05) is 19.1 Å². The summed E-state index contributed by atoms with van der Waals surface area (Å²) in [6, 6.07) is 12.6. The van der Waals surface area contributed by atoms with Crippen molar-refractivity contribution in [2.45, 2.75) is 19.0 Å². The van der Waals surface area contributed by atoms with Crippen LogP contribution < -0.4 is 15.0 Å². The zero-order valence-corrected chi connectivity index (χ0v) is 13.2. The fourth-order valence-electron chi connectivity index (χ4n) is 3.05. The highest BCUT2D eigenvalue weighted by Crippen LogP contribution is 2.33. The summed E-state index contributed by atoms with van der Waals surface area (Å²) in [7, 11) is 3.08. The van der Waals surface area contributed by atoms with Crippen molar-refractivity contribution in [1.82, 2.24) is 5.32 Å². The molecule has 1 aliphatic heterocycles. The maximum absolute atomic E-state index is 13.9. The smallest absolute Gasteiger partial charge is 0.242 e. The number of likely N-dealkylation sites (N-methyl/N-ethyl adjacent to an activating group) is 1. The molecule has 1 unspecified atom stereocenters. The zero-order chi connectivity index (χ0) is 16.4. The van der Waals surface area contributed by atoms with Gasteiger partial charge >= 0.3 is 0 Å². The van der Waals surface area contributed by atoms with Gasteiger partial charge in [-0.1, -0.05) is 24.3 Å². The molecule has 5 heteroatoms. The minimum absolute atomic E-state index is 0.0322. The lowest BCUT2D eigenvalue weighted by atomic mass is 10.1. The molecule has 23 heavy (non-hydrogen) atoms. The van der Waals surface area contributed by atoms with Crippen molar-refractivity contribution in [1.29, 1.82) is 0 Å². The van der Waals surface area contributed by atoms with Crippen molar-refractivity contribution < 1.29 is 13.9 Å². The Bertz CT molecular complexity index is 733. The van der Waals surface area contributed by atoms with Crippen LogP contribution in [0.3, 0.4) is 0 Å². The van der Waals surface area contributed by atoms with Gasteiger partial charge in [0.25, 0.3) is 0 Å². The molecular weight excluding hydrogens is 295 g/mol. The van der Waals surface area contributed by atoms with E-state index < -0.39 is 5.82 Å². The van der Waals surface area contributed by atoms with Crippen molar-refractivity contribution >= 4 is 11.6 Å². The van der Waals surface area contributed by atoms with Gasteiger partial charge in [-0.2, -0.15) is 0 Å². The number of anilines is 1. The minimum atomic E-state index is -0.394. The highest BCUT2D eigenvalue weighted by atomic mass is 19.1. The molecule has 0 bridgehead atoms. The number of rotatable bonds is 4. The number of halogens is 1. The molecule has 0 saturated heterocycles. The van der Waals surface area contributed by atoms with Gasteiger partial charge in [0.05, 0.1) is 7.11 Å². The lowest BCUT2D eigenvalue weighted by Gasteiger charge is -2.26. The van der Waals surface area contributed by atoms with Gasteiger partial charge in [0, 0.05) is 25.7 Å². The first-order valence-electron chi connectivity index (χ1n) is 7.52. The molecule has 3 rings (SSSR count). The van der Waals surface area contributed by atoms with E-state index in [0.29, 0.717) is 13.0 Å². The lowest BCUT2D eigenvalue weighted by molar-refractivity contribution is -0.121. The van der Waals surface area contributed by atoms with Crippen LogP contribution >= 0.6 is 0 Å². The third-order valence-corrected chi connectivity index (χ3v) is 4.21. The first-order valence-corrected chi connectivity index (χ1v) is 7.52. The van der Waals surface area contributed by atoms with Crippen molar-refractivity contribution in [3.63, 3.8) is 0 Å². The Morgan fingerprint density at radius 3 is 2.83 bits per heavy atom. The van der Waals surface area contributed by atoms with Crippen molar-refractivity contribution in [3.8, 4) is 5.75 Å². The molecule has 1 amide bonds. The fourth-order valence-corrected chi connectivity index (χ4v) is 3.05. The first kappa shape index (κ1) is 15.3. The van der Waals surface area contributed by atoms with Gasteiger partial charge in [0.15, 0.2) is 11.6 Å². The molecule has 4 nitrogen and oxygen atoms in total. The number of amides is 1. The Labute approximate surface area is 134 Å². The third kappa shape index (κ3) is 2.86. The maximum atomic E-state index is 13.9. The Morgan fingerprint density at radius 1 is 1.35 bits per heavy atom. The zero-order valence-electron chi connectivity index (χ0n) is 13.2. The van der Waals surface area contributed by atoms with E-state index in [9.17, 15) is 9.18 Å². The number of nitrogens with one attached hydrogen (secondary N) is 1. The summed E-state index contributed by atoms with van der Waals surface area (Å²) >= 11 is 0. The number of carbonyl (C=O) groups excluding carboxylic acids is 1. The van der Waals surface area contributed by atoms with E-state index >= 15 is 0 Å². The first-order chi connectivity index (χ1) is 11.1. The van der Waals surface area contributed by atoms with Crippen molar-refractivity contribution in [3.05, 3.63) is 59.4 Å². The number of nitrogens with zero attached hydrogens (tertiary/aromatic N) is 1. The van der Waals surface area contributed by atoms with E-state index in [1.807, 2.05) is 35.2 Å². The van der Waals surface area contributed by atoms with Gasteiger partial charge in [0.2, 0.25) is 5.91 Å². The molecule has 1 atom stereocenters. The quantitative estimate of drug-likeness (QED) is 0.943. The molecule has 0 radical (unpaired) electrons. The number of methoxy groups -OCH3 is 1. The minimum Gasteiger partial charge on any atom is -0.494 e. The van der Waals surface area contributed by atoms with Crippen LogP contribution in [0.1, 0.15) is 11.1 Å². The maximum Gasteiger partial charge on any atom is 0.242 e. The average molecular weight is 314 g/mol. The van der Waals surface area contributed by atoms with Crippen LogP contribution in [0.15, 0.2) is 42.5 Å². The molecule has 1 aliphatic rings. The summed E-state index contributed by atoms with van der Waals surface area (Å²) in [6.45, 7) is 0.468. The molecule has 2 aromatic carbocycles. The van der Waals surface area contributed by atoms with Crippen LogP contribution in [0, 0.1) is 5.82 Å². The summed E-state index contributed by atoms with van der Waals surface area (Å²) in [6.07, 6.45) is 0.661. The summed E-state index contributed by atoms with van der Waals surface area (Å²) in [4.78, 5) is 14.2. The Balaban J connectivity index is 1.92. The molecular formula is C18H19FN2O2. The number of benzene rings is 2. The second-order valence-electron chi connectivity index (χ2n) is 5.56. The van der Waals surface area contributed by atoms with E-state index in [2.05, 4.69) is 5.32 Å². The van der Waals surface area contributed by atoms with Crippen molar-refractivity contribution in [2.24, 2.45) is 0 Å². The molecule has 2 aromatic rings. The summed E-state index contributed by atoms with van der Waals surface area (Å²) in [5, 5.41) is 2.71. The molecule has 1 heterocycles. The van der Waals surface area contributed by atoms with Crippen LogP contribution in [-0.2, 0) is 17.8 Å². The van der Waals surface area contributed by atoms with E-state index in [4.69, 9.17) is 4.74 Å². The average Bonchev–Trinajstić information content (AvgIpc) is 2.93. The van der Waals surface area contributed by atoms with E-state index in [0.717, 1.165) is 16.8 Å². The highest BCUT2D eigenvalue weighted by molar-refractivity contribution is 5.88. The second-order valence-corrected chi connectivity index (χ2v) is 5.56. The number of ether oxygens (including phenoxy) is 1. The normalized spacial score (nSPS) is 16.1. The molecule has 0 saturated carbocycles. The molecule has 0 aliphatic carbocycles. The second kappa shape index (κ2) is 6.28. The highest BCUT2D eigenvalue weighted by Gasteiger charge is 2.33. The van der Waals surface area contributed by atoms with Gasteiger partial charge in [-0.3, -0.25) is 4.79 Å². The number of carbonyl (C=O) groups is 1. The third-order valence-electron chi connectivity index (χ3n) is 4.21. The van der Waals surface area contributed by atoms with E-state index in [1.165, 1.54) is 13.2 Å². The van der Waals surface area contributed by atoms with Gasteiger partial charge in [0.1, 0.15) is 6.04 Å². The van der Waals surface area contributed by atoms with E-state index in [-0.39, 0.29) is 17.7 Å². The number of hydrogen-bond donors (Lipinski definition) is 1. The van der Waals surface area contributed by atoms with Gasteiger partial charge in [-0.25, -0.2) is 4.39 Å². The van der Waals surface area contributed by atoms with Crippen LogP contribution in [0.25, 0.3) is 0 Å². The Morgan fingerprint density at radius 2 is 2.13 bits per heavy atom. The summed E-state index contributed by atoms with van der Waals surface area (Å²) in [5.74, 6) is -0.206. The SMILES string of the molecule is CNC(=O)C1Cc2ccccc2N1Cc1ccc(OC)c(F)c1. The number of para-hydroxylation sites is 1. The van der Waals surface area contributed by atoms with Gasteiger partial charge in [-0.15, -0.1) is 0 Å². The predicted molar refractivity (Wildman–Crippen MR) is 87.1 cm³/mol. The molecule has 0 aromatic heterocycles. The van der Waals surface area contributed by atoms with Crippen LogP contribution in [0.2, 0.25) is 0 Å². The molecule has 120 valence electrons. The van der Waals surface area contributed by atoms with Gasteiger partial charge in [-0.05, 0) is 29.3 Å². The van der Waals surface area contributed by atoms with Crippen LogP contribution in [-0.4, -0.2) is 26.1 Å².